The van der Waals surface area contributed by atoms with Crippen molar-refractivity contribution in [2.45, 2.75) is 32.9 Å². The van der Waals surface area contributed by atoms with Gasteiger partial charge in [-0.2, -0.15) is 0 Å². The van der Waals surface area contributed by atoms with E-state index >= 15 is 0 Å². The zero-order chi connectivity index (χ0) is 29.1. The molecule has 0 aliphatic rings. The molecule has 1 heterocycles. The molecule has 3 N–H and O–H groups in total. The average molecular weight is 555 g/mol. The van der Waals surface area contributed by atoms with Crippen molar-refractivity contribution in [3.8, 4) is 16.9 Å². The molecule has 0 fully saturated rings. The maximum atomic E-state index is 13.0. The largest absolute Gasteiger partial charge is 0.493 e. The lowest BCUT2D eigenvalue weighted by molar-refractivity contribution is 0.0685. The minimum absolute atomic E-state index is 0.328. The second-order valence-electron chi connectivity index (χ2n) is 10.7. The van der Waals surface area contributed by atoms with Crippen molar-refractivity contribution in [3.05, 3.63) is 137 Å². The number of benzene rings is 5. The number of nitrogens with two attached hydrogens (primary N) is 1. The Kier molecular flexibility index (Phi) is 7.76. The molecule has 0 amide bonds. The molecule has 1 aromatic heterocycles. The molecule has 0 unspecified atom stereocenters. The summed E-state index contributed by atoms with van der Waals surface area (Å²) in [5.74, 6) is -0.0857. The summed E-state index contributed by atoms with van der Waals surface area (Å²) in [5.41, 5.74) is 13.3. The summed E-state index contributed by atoms with van der Waals surface area (Å²) in [5, 5.41) is 13.8. The Bertz CT molecular complexity index is 1900. The van der Waals surface area contributed by atoms with E-state index in [0.717, 1.165) is 60.8 Å². The Labute approximate surface area is 245 Å². The van der Waals surface area contributed by atoms with Crippen LogP contribution in [0.5, 0.6) is 5.75 Å². The average Bonchev–Trinajstić information content (AvgIpc) is 3.33. The third kappa shape index (κ3) is 5.27. The van der Waals surface area contributed by atoms with Gasteiger partial charge in [0.1, 0.15) is 11.4 Å². The van der Waals surface area contributed by atoms with Crippen molar-refractivity contribution in [1.82, 2.24) is 4.57 Å². The van der Waals surface area contributed by atoms with Crippen LogP contribution in [0, 0.1) is 6.92 Å². The number of fused-ring (bicyclic) bond motifs is 2. The number of ether oxygens (including phenoxy) is 1. The predicted molar refractivity (Wildman–Crippen MR) is 170 cm³/mol. The number of aromatic carboxylic acids is 1. The number of aryl methyl sites for hydroxylation is 2. The highest BCUT2D eigenvalue weighted by Gasteiger charge is 2.25. The highest BCUT2D eigenvalue weighted by atomic mass is 16.5. The maximum Gasteiger partial charge on any atom is 0.352 e. The number of carboxylic acids is 1. The molecule has 0 saturated carbocycles. The molecule has 0 saturated heterocycles. The van der Waals surface area contributed by atoms with Crippen LogP contribution < -0.4 is 10.5 Å². The van der Waals surface area contributed by atoms with Crippen LogP contribution in [0.15, 0.2) is 109 Å². The highest BCUT2D eigenvalue weighted by Crippen LogP contribution is 2.37. The van der Waals surface area contributed by atoms with Gasteiger partial charge in [0.15, 0.2) is 0 Å². The van der Waals surface area contributed by atoms with Crippen LogP contribution in [-0.4, -0.2) is 22.2 Å². The summed E-state index contributed by atoms with van der Waals surface area (Å²) >= 11 is 0. The van der Waals surface area contributed by atoms with Gasteiger partial charge in [0.2, 0.25) is 0 Å². The van der Waals surface area contributed by atoms with E-state index in [9.17, 15) is 9.90 Å². The molecule has 0 aliphatic heterocycles. The van der Waals surface area contributed by atoms with Gasteiger partial charge in [-0.25, -0.2) is 4.79 Å². The molecule has 0 atom stereocenters. The Morgan fingerprint density at radius 2 is 1.50 bits per heavy atom. The molecule has 5 nitrogen and oxygen atoms in total. The van der Waals surface area contributed by atoms with E-state index in [1.165, 1.54) is 0 Å². The fourth-order valence-corrected chi connectivity index (χ4v) is 6.02. The number of hydrogen-bond donors (Lipinski definition) is 2. The second kappa shape index (κ2) is 11.9. The summed E-state index contributed by atoms with van der Waals surface area (Å²) in [4.78, 5) is 13.0. The monoisotopic (exact) mass is 554 g/mol. The van der Waals surface area contributed by atoms with E-state index < -0.39 is 5.97 Å². The summed E-state index contributed by atoms with van der Waals surface area (Å²) in [6, 6.07) is 36.7. The number of aromatic nitrogens is 1. The molecule has 210 valence electrons. The lowest BCUT2D eigenvalue weighted by Crippen LogP contribution is -2.13. The lowest BCUT2D eigenvalue weighted by Gasteiger charge is -2.14. The first kappa shape index (κ1) is 27.3. The Balaban J connectivity index is 1.41. The molecular formula is C37H34N2O3. The van der Waals surface area contributed by atoms with Crippen molar-refractivity contribution >= 4 is 27.6 Å². The summed E-state index contributed by atoms with van der Waals surface area (Å²) in [6.07, 6.45) is 1.26. The van der Waals surface area contributed by atoms with Crippen LogP contribution in [0.25, 0.3) is 32.8 Å². The van der Waals surface area contributed by atoms with Gasteiger partial charge in [-0.1, -0.05) is 103 Å². The van der Waals surface area contributed by atoms with Gasteiger partial charge in [0.25, 0.3) is 0 Å². The summed E-state index contributed by atoms with van der Waals surface area (Å²) in [6.45, 7) is 3.44. The molecular weight excluding hydrogens is 520 g/mol. The number of rotatable bonds is 10. The standard InChI is InChI=1S/C37H34N2O3/c1-25-10-2-4-15-29(25)31-17-8-18-32-33(19-9-21-42-34-20-7-14-28-13-3-5-16-30(28)34)36(37(40)41)39(35(31)32)24-27-12-6-11-26(22-27)23-38/h2-8,10-18,20,22H,9,19,21,23-24,38H2,1H3,(H,40,41). The first-order valence-corrected chi connectivity index (χ1v) is 14.4. The topological polar surface area (TPSA) is 77.5 Å². The number of carbonyl (C=O) groups is 1. The molecule has 5 heteroatoms. The second-order valence-corrected chi connectivity index (χ2v) is 10.7. The number of carboxylic acid groups (broad SMARTS) is 1. The van der Waals surface area contributed by atoms with Gasteiger partial charge in [-0.15, -0.1) is 0 Å². The Morgan fingerprint density at radius 3 is 2.33 bits per heavy atom. The van der Waals surface area contributed by atoms with Gasteiger partial charge in [0, 0.05) is 29.4 Å². The first-order valence-electron chi connectivity index (χ1n) is 14.4. The molecule has 0 spiro atoms. The zero-order valence-corrected chi connectivity index (χ0v) is 23.7. The highest BCUT2D eigenvalue weighted by molar-refractivity contribution is 6.04. The van der Waals surface area contributed by atoms with Crippen LogP contribution in [0.1, 0.15) is 39.2 Å². The molecule has 5 aromatic carbocycles. The number of hydrogen-bond acceptors (Lipinski definition) is 3. The van der Waals surface area contributed by atoms with Gasteiger partial charge in [0.05, 0.1) is 12.1 Å². The first-order chi connectivity index (χ1) is 20.5. The van der Waals surface area contributed by atoms with Crippen LogP contribution in [0.4, 0.5) is 0 Å². The number of para-hydroxylation sites is 1. The normalized spacial score (nSPS) is 11.3. The van der Waals surface area contributed by atoms with Crippen molar-refractivity contribution in [1.29, 1.82) is 0 Å². The molecule has 6 aromatic rings. The quantitative estimate of drug-likeness (QED) is 0.168. The van der Waals surface area contributed by atoms with Crippen molar-refractivity contribution in [3.63, 3.8) is 0 Å². The van der Waals surface area contributed by atoms with Crippen molar-refractivity contribution in [2.24, 2.45) is 5.73 Å². The van der Waals surface area contributed by atoms with E-state index in [1.54, 1.807) is 0 Å². The van der Waals surface area contributed by atoms with Gasteiger partial charge in [-0.05, 0) is 59.0 Å². The van der Waals surface area contributed by atoms with E-state index in [-0.39, 0.29) is 0 Å². The minimum atomic E-state index is -0.929. The van der Waals surface area contributed by atoms with Crippen molar-refractivity contribution in [2.75, 3.05) is 6.61 Å². The molecule has 42 heavy (non-hydrogen) atoms. The summed E-state index contributed by atoms with van der Waals surface area (Å²) < 4.78 is 8.21. The third-order valence-electron chi connectivity index (χ3n) is 7.97. The maximum absolute atomic E-state index is 13.0. The smallest absolute Gasteiger partial charge is 0.352 e. The van der Waals surface area contributed by atoms with Gasteiger partial charge in [-0.3, -0.25) is 0 Å². The van der Waals surface area contributed by atoms with Gasteiger partial charge >= 0.3 is 5.97 Å². The van der Waals surface area contributed by atoms with Crippen LogP contribution in [0.2, 0.25) is 0 Å². The van der Waals surface area contributed by atoms with E-state index in [2.05, 4.69) is 55.5 Å². The van der Waals surface area contributed by atoms with Gasteiger partial charge < -0.3 is 20.1 Å². The fraction of sp³-hybridized carbons (Fsp3) is 0.162. The molecule has 0 aliphatic carbocycles. The van der Waals surface area contributed by atoms with E-state index in [4.69, 9.17) is 10.5 Å². The SMILES string of the molecule is Cc1ccccc1-c1cccc2c(CCCOc3cccc4ccccc34)c(C(=O)O)n(Cc3cccc(CN)c3)c12. The summed E-state index contributed by atoms with van der Waals surface area (Å²) in [7, 11) is 0. The molecule has 0 bridgehead atoms. The van der Waals surface area contributed by atoms with Crippen LogP contribution in [-0.2, 0) is 19.5 Å². The molecule has 6 rings (SSSR count). The number of nitrogens with zero attached hydrogens (tertiary/aromatic N) is 1. The van der Waals surface area contributed by atoms with E-state index in [1.807, 2.05) is 65.2 Å². The van der Waals surface area contributed by atoms with Crippen LogP contribution in [0.3, 0.4) is 0 Å². The lowest BCUT2D eigenvalue weighted by atomic mass is 9.97. The third-order valence-corrected chi connectivity index (χ3v) is 7.97. The zero-order valence-electron chi connectivity index (χ0n) is 23.7. The molecule has 0 radical (unpaired) electrons. The van der Waals surface area contributed by atoms with Crippen molar-refractivity contribution < 1.29 is 14.6 Å². The predicted octanol–water partition coefficient (Wildman–Crippen LogP) is 7.99. The fourth-order valence-electron chi connectivity index (χ4n) is 6.02. The Hall–Kier alpha value is -4.87. The van der Waals surface area contributed by atoms with Crippen LogP contribution >= 0.6 is 0 Å². The minimum Gasteiger partial charge on any atom is -0.493 e. The van der Waals surface area contributed by atoms with E-state index in [0.29, 0.717) is 38.2 Å². The Morgan fingerprint density at radius 1 is 0.810 bits per heavy atom.